The highest BCUT2D eigenvalue weighted by Crippen LogP contribution is 2.73. The van der Waals surface area contributed by atoms with Crippen LogP contribution in [0.4, 0.5) is 0 Å². The summed E-state index contributed by atoms with van der Waals surface area (Å²) in [4.78, 5) is 77.1. The van der Waals surface area contributed by atoms with Crippen molar-refractivity contribution in [3.63, 3.8) is 0 Å². The highest BCUT2D eigenvalue weighted by molar-refractivity contribution is 5.77. The molecule has 20 bridgehead atoms. The molecule has 0 spiro atoms. The monoisotopic (exact) mass is 1500 g/mol. The molecule has 610 valence electrons. The summed E-state index contributed by atoms with van der Waals surface area (Å²) >= 11 is 0. The first-order valence-corrected chi connectivity index (χ1v) is 42.5. The molecule has 20 saturated carbocycles. The van der Waals surface area contributed by atoms with Crippen LogP contribution in [0.2, 0.25) is 0 Å². The third-order valence-corrected chi connectivity index (χ3v) is 34.7. The van der Waals surface area contributed by atoms with Crippen LogP contribution in [0.25, 0.3) is 0 Å². The van der Waals surface area contributed by atoms with Crippen molar-refractivity contribution in [3.8, 4) is 0 Å². The van der Waals surface area contributed by atoms with E-state index in [-0.39, 0.29) is 143 Å². The first-order chi connectivity index (χ1) is 48.6. The fourth-order valence-electron chi connectivity index (χ4n) is 30.1. The highest BCUT2D eigenvalue weighted by atomic mass is 16.7. The second-order valence-corrected chi connectivity index (χ2v) is 40.4. The Morgan fingerprint density at radius 3 is 1.03 bits per heavy atom. The van der Waals surface area contributed by atoms with Crippen molar-refractivity contribution in [2.75, 3.05) is 40.2 Å². The number of rotatable bonds is 24. The van der Waals surface area contributed by atoms with Gasteiger partial charge in [-0.3, -0.25) is 28.8 Å². The lowest BCUT2D eigenvalue weighted by Gasteiger charge is -2.56. The van der Waals surface area contributed by atoms with Crippen molar-refractivity contribution in [1.82, 2.24) is 0 Å². The molecule has 20 aliphatic carbocycles. The lowest BCUT2D eigenvalue weighted by atomic mass is 9.50. The van der Waals surface area contributed by atoms with Gasteiger partial charge in [-0.05, 0) is 366 Å². The van der Waals surface area contributed by atoms with Gasteiger partial charge in [0.05, 0.1) is 54.3 Å². The van der Waals surface area contributed by atoms with E-state index in [1.807, 2.05) is 48.5 Å². The maximum absolute atomic E-state index is 13.2. The molecule has 20 fully saturated rings. The van der Waals surface area contributed by atoms with Crippen LogP contribution in [-0.4, -0.2) is 94.3 Å². The van der Waals surface area contributed by atoms with E-state index >= 15 is 0 Å². The second-order valence-electron chi connectivity index (χ2n) is 40.4. The molecule has 0 N–H and O–H groups in total. The van der Waals surface area contributed by atoms with Crippen molar-refractivity contribution < 1.29 is 71.4 Å². The molecule has 31 atom stereocenters. The van der Waals surface area contributed by atoms with Gasteiger partial charge < -0.3 is 42.6 Å². The number of carbonyl (C=O) groups excluding carboxylic acids is 6. The summed E-state index contributed by atoms with van der Waals surface area (Å²) < 4.78 is 52.9. The standard InChI is InChI=1S/C31H46O5.C28H42O5.C27H40O5.6CH4/c1-4-30(2,3)29(33)36-25-11-21-10-24(25)27-22-8-20(26(21)27)9-23(22)28(32)35-16-34-15-31-12-17-5-18(13-31)7-19(6-17)14-31;1-4-28(2,3)27(30)33-23-12-18-11-22(23)25-20-9-17(24(18)25)10-21(20)26(29)32-14-31-13-19-8-15-5-6-16(19)7-15;1-3-14(2)26(28)32-23-11-18-10-22(23)25-20-8-17(24(18)25)9-21(20)27(29)31-13-30-12-19-7-15-4-5-16(19)6-15;;;;;;/h17-27H,4-16H2,1-3H3;15-25H,4-14H2,1-3H3;14-25H,3-13H2,1-2H3;6*1H4. The molecular formula is C92H152O15. The van der Waals surface area contributed by atoms with E-state index in [4.69, 9.17) is 42.6 Å². The van der Waals surface area contributed by atoms with Gasteiger partial charge in [0.25, 0.3) is 0 Å². The molecule has 0 amide bonds. The Kier molecular flexibility index (Phi) is 26.3. The zero-order chi connectivity index (χ0) is 69.7. The van der Waals surface area contributed by atoms with Crippen molar-refractivity contribution >= 4 is 35.8 Å². The third kappa shape index (κ3) is 15.4. The largest absolute Gasteiger partial charge is 0.462 e. The van der Waals surface area contributed by atoms with Crippen LogP contribution >= 0.6 is 0 Å². The van der Waals surface area contributed by atoms with Crippen LogP contribution in [0.15, 0.2) is 0 Å². The smallest absolute Gasteiger partial charge is 0.311 e. The molecule has 0 aromatic heterocycles. The van der Waals surface area contributed by atoms with Crippen molar-refractivity contribution in [2.45, 2.75) is 304 Å². The quantitative estimate of drug-likeness (QED) is 0.0292. The molecular weight excluding hydrogens is 1340 g/mol. The Morgan fingerprint density at radius 1 is 0.364 bits per heavy atom. The van der Waals surface area contributed by atoms with Gasteiger partial charge >= 0.3 is 35.8 Å². The summed E-state index contributed by atoms with van der Waals surface area (Å²) in [6, 6.07) is 0. The summed E-state index contributed by atoms with van der Waals surface area (Å²) in [7, 11) is 0. The number of hydrogen-bond donors (Lipinski definition) is 0. The lowest BCUT2D eigenvalue weighted by Crippen LogP contribution is -2.48. The normalized spacial score (nSPS) is 45.5. The summed E-state index contributed by atoms with van der Waals surface area (Å²) in [5.41, 5.74) is -0.471. The molecule has 0 aromatic rings. The zero-order valence-electron chi connectivity index (χ0n) is 63.0. The molecule has 15 heteroatoms. The van der Waals surface area contributed by atoms with E-state index in [0.29, 0.717) is 106 Å². The third-order valence-electron chi connectivity index (χ3n) is 34.7. The van der Waals surface area contributed by atoms with Crippen LogP contribution in [0.3, 0.4) is 0 Å². The van der Waals surface area contributed by atoms with Crippen LogP contribution in [0.1, 0.15) is 286 Å². The number of ether oxygens (including phenoxy) is 9. The summed E-state index contributed by atoms with van der Waals surface area (Å²) in [6.45, 7) is 18.7. The van der Waals surface area contributed by atoms with E-state index in [1.54, 1.807) is 0 Å². The SMILES string of the molecule is C.C.C.C.C.C.CCC(C)(C)C(=O)OC1CC2CC1C1C3CC(CC3C(=O)OCOCC34CC5CC(CC(C5)C3)C4)C21.CCC(C)(C)C(=O)OC1CC2CC1C1C3CC(CC3C(=O)OCOCC3CC4CCC3C4)C21.CCC(C)C(=O)OC1CC2CC1C1C3CC(CC3C(=O)OCOCC3CC4CCC3C4)C21. The van der Waals surface area contributed by atoms with Crippen molar-refractivity contribution in [3.05, 3.63) is 0 Å². The van der Waals surface area contributed by atoms with Gasteiger partial charge in [0, 0.05) is 0 Å². The number of carbonyl (C=O) groups is 6. The Balaban J connectivity index is 0.000000156. The van der Waals surface area contributed by atoms with Crippen molar-refractivity contribution in [1.29, 1.82) is 0 Å². The fourth-order valence-corrected chi connectivity index (χ4v) is 30.1. The molecule has 0 aromatic carbocycles. The molecule has 20 aliphatic rings. The molecule has 0 saturated heterocycles. The molecule has 107 heavy (non-hydrogen) atoms. The average Bonchev–Trinajstić information content (AvgIpc) is 1.56. The van der Waals surface area contributed by atoms with Gasteiger partial charge in [0.15, 0.2) is 20.4 Å². The molecule has 31 unspecified atom stereocenters. The van der Waals surface area contributed by atoms with Gasteiger partial charge in [-0.1, -0.05) is 85.1 Å². The van der Waals surface area contributed by atoms with E-state index < -0.39 is 10.8 Å². The van der Waals surface area contributed by atoms with E-state index in [1.165, 1.54) is 116 Å². The molecule has 0 radical (unpaired) electrons. The van der Waals surface area contributed by atoms with Crippen LogP contribution in [-0.2, 0) is 71.4 Å². The Morgan fingerprint density at radius 2 is 0.701 bits per heavy atom. The maximum Gasteiger partial charge on any atom is 0.311 e. The van der Waals surface area contributed by atoms with Gasteiger partial charge in [-0.25, -0.2) is 0 Å². The minimum atomic E-state index is -0.418. The number of hydrogen-bond acceptors (Lipinski definition) is 15. The Bertz CT molecular complexity index is 3050. The maximum atomic E-state index is 13.2. The highest BCUT2D eigenvalue weighted by Gasteiger charge is 2.70. The summed E-state index contributed by atoms with van der Waals surface area (Å²) in [5.74, 6) is 17.9. The van der Waals surface area contributed by atoms with Gasteiger partial charge in [0.2, 0.25) is 0 Å². The van der Waals surface area contributed by atoms with Gasteiger partial charge in [-0.15, -0.1) is 0 Å². The number of fused-ring (bicyclic) bond motifs is 31. The molecule has 0 aliphatic heterocycles. The van der Waals surface area contributed by atoms with Crippen molar-refractivity contribution in [2.24, 2.45) is 200 Å². The fraction of sp³-hybridized carbons (Fsp3) is 0.935. The van der Waals surface area contributed by atoms with Gasteiger partial charge in [0.1, 0.15) is 18.3 Å². The first kappa shape index (κ1) is 84.6. The van der Waals surface area contributed by atoms with E-state index in [0.717, 1.165) is 150 Å². The predicted octanol–water partition coefficient (Wildman–Crippen LogP) is 19.9. The Hall–Kier alpha value is -3.30. The first-order valence-electron chi connectivity index (χ1n) is 42.5. The minimum Gasteiger partial charge on any atom is -0.462 e. The second kappa shape index (κ2) is 33.3. The molecule has 20 rings (SSSR count). The van der Waals surface area contributed by atoms with Crippen LogP contribution in [0, 0.1) is 200 Å². The van der Waals surface area contributed by atoms with E-state index in [2.05, 4.69) is 6.92 Å². The number of esters is 6. The summed E-state index contributed by atoms with van der Waals surface area (Å²) in [5, 5.41) is 0. The Labute approximate surface area is 648 Å². The van der Waals surface area contributed by atoms with Gasteiger partial charge in [-0.2, -0.15) is 0 Å². The zero-order valence-corrected chi connectivity index (χ0v) is 63.0. The lowest BCUT2D eigenvalue weighted by molar-refractivity contribution is -0.175. The van der Waals surface area contributed by atoms with Crippen LogP contribution < -0.4 is 0 Å². The molecule has 15 nitrogen and oxygen atoms in total. The predicted molar refractivity (Wildman–Crippen MR) is 416 cm³/mol. The topological polar surface area (TPSA) is 185 Å². The van der Waals surface area contributed by atoms with E-state index in [9.17, 15) is 28.8 Å². The molecule has 0 heterocycles. The average molecular weight is 1500 g/mol. The summed E-state index contributed by atoms with van der Waals surface area (Å²) in [6.07, 6.45) is 35.0. The minimum absolute atomic E-state index is 0. The van der Waals surface area contributed by atoms with Crippen LogP contribution in [0.5, 0.6) is 0 Å².